The van der Waals surface area contributed by atoms with Gasteiger partial charge in [-0.25, -0.2) is 0 Å². The summed E-state index contributed by atoms with van der Waals surface area (Å²) in [6.07, 6.45) is 4.27. The highest BCUT2D eigenvalue weighted by Crippen LogP contribution is 2.38. The number of carbonyl (C=O) groups excluding carboxylic acids is 1. The molecule has 1 amide bonds. The molecule has 0 spiro atoms. The molecular formula is C20H31N3O6S. The van der Waals surface area contributed by atoms with Gasteiger partial charge < -0.3 is 25.3 Å². The van der Waals surface area contributed by atoms with E-state index >= 15 is 0 Å². The van der Waals surface area contributed by atoms with Crippen LogP contribution in [0.25, 0.3) is 0 Å². The van der Waals surface area contributed by atoms with Crippen molar-refractivity contribution in [3.05, 3.63) is 39.9 Å². The number of carbonyl (C=O) groups is 1. The molecule has 2 rings (SSSR count). The molecule has 3 N–H and O–H groups in total. The molecule has 1 atom stereocenters. The van der Waals surface area contributed by atoms with Crippen molar-refractivity contribution in [1.82, 2.24) is 10.6 Å². The molecule has 0 bridgehead atoms. The first kappa shape index (κ1) is 24.2. The Labute approximate surface area is 181 Å². The van der Waals surface area contributed by atoms with Gasteiger partial charge in [-0.05, 0) is 30.4 Å². The van der Waals surface area contributed by atoms with Crippen molar-refractivity contribution < 1.29 is 24.6 Å². The van der Waals surface area contributed by atoms with E-state index < -0.39 is 11.2 Å². The molecule has 0 heterocycles. The minimum absolute atomic E-state index is 0.0302. The summed E-state index contributed by atoms with van der Waals surface area (Å²) >= 11 is 1.27. The summed E-state index contributed by atoms with van der Waals surface area (Å²) in [5, 5.41) is 25.1. The smallest absolute Gasteiger partial charge is 0.294 e. The maximum Gasteiger partial charge on any atom is 0.294 e. The Kier molecular flexibility index (Phi) is 11.3. The van der Waals surface area contributed by atoms with Crippen LogP contribution in [-0.2, 0) is 9.63 Å². The van der Waals surface area contributed by atoms with Crippen molar-refractivity contribution in [3.8, 4) is 5.75 Å². The number of para-hydroxylation sites is 1. The third-order valence-electron chi connectivity index (χ3n) is 4.81. The van der Waals surface area contributed by atoms with E-state index in [9.17, 15) is 20.0 Å². The quantitative estimate of drug-likeness (QED) is 0.214. The van der Waals surface area contributed by atoms with Crippen LogP contribution in [0.15, 0.2) is 24.3 Å². The van der Waals surface area contributed by atoms with E-state index in [0.717, 1.165) is 5.75 Å². The fourth-order valence-electron chi connectivity index (χ4n) is 3.38. The second-order valence-corrected chi connectivity index (χ2v) is 8.25. The number of aliphatic hydroxyl groups excluding tert-OH is 1. The van der Waals surface area contributed by atoms with Gasteiger partial charge in [0.1, 0.15) is 25.1 Å². The Balaban J connectivity index is 1.52. The fraction of sp³-hybridized carbons (Fsp3) is 0.650. The highest BCUT2D eigenvalue weighted by Gasteiger charge is 2.20. The summed E-state index contributed by atoms with van der Waals surface area (Å²) in [4.78, 5) is 25.8. The monoisotopic (exact) mass is 441 g/mol. The van der Waals surface area contributed by atoms with Gasteiger partial charge in [-0.1, -0.05) is 31.0 Å². The average Bonchev–Trinajstić information content (AvgIpc) is 3.26. The first-order chi connectivity index (χ1) is 14.6. The van der Waals surface area contributed by atoms with E-state index in [4.69, 9.17) is 4.74 Å². The molecule has 1 aromatic carbocycles. The van der Waals surface area contributed by atoms with Crippen molar-refractivity contribution in [3.63, 3.8) is 0 Å². The molecule has 0 aliphatic heterocycles. The lowest BCUT2D eigenvalue weighted by Crippen LogP contribution is -2.37. The molecule has 1 aliphatic rings. The maximum absolute atomic E-state index is 11.6. The minimum Gasteiger partial charge on any atom is -0.491 e. The van der Waals surface area contributed by atoms with Crippen molar-refractivity contribution in [1.29, 1.82) is 0 Å². The van der Waals surface area contributed by atoms with Crippen LogP contribution in [0.3, 0.4) is 0 Å². The number of nitrogens with zero attached hydrogens (tertiary/aromatic N) is 1. The molecule has 168 valence electrons. The lowest BCUT2D eigenvalue weighted by atomic mass is 9.97. The van der Waals surface area contributed by atoms with Crippen molar-refractivity contribution in [2.45, 2.75) is 37.7 Å². The Hall–Kier alpha value is -2.04. The number of hydrogen-bond donors (Lipinski definition) is 3. The zero-order chi connectivity index (χ0) is 21.6. The standard InChI is InChI=1S/C20H31N3O6S/c24-17(13-21-9-10-22-20(25)15-30-12-11-29-23(26)27)14-28-19-8-4-3-7-18(19)16-5-1-2-6-16/h3-4,7-8,16-17,21,24H,1-2,5-6,9-15H2,(H,22,25). The number of ether oxygens (including phenoxy) is 1. The van der Waals surface area contributed by atoms with Gasteiger partial charge in [-0.2, -0.15) is 11.8 Å². The molecular weight excluding hydrogens is 410 g/mol. The summed E-state index contributed by atoms with van der Waals surface area (Å²) in [7, 11) is 0. The van der Waals surface area contributed by atoms with E-state index in [-0.39, 0.29) is 24.9 Å². The first-order valence-corrected chi connectivity index (χ1v) is 11.4. The highest BCUT2D eigenvalue weighted by molar-refractivity contribution is 7.99. The number of thioether (sulfide) groups is 1. The third kappa shape index (κ3) is 9.64. The van der Waals surface area contributed by atoms with Crippen molar-refractivity contribution in [2.75, 3.05) is 44.4 Å². The molecule has 1 aromatic rings. The number of hydrogen-bond acceptors (Lipinski definition) is 8. The third-order valence-corrected chi connectivity index (χ3v) is 5.73. The molecule has 9 nitrogen and oxygen atoms in total. The van der Waals surface area contributed by atoms with Gasteiger partial charge in [-0.3, -0.25) is 4.79 Å². The molecule has 1 aliphatic carbocycles. The van der Waals surface area contributed by atoms with Gasteiger partial charge >= 0.3 is 0 Å². The number of rotatable bonds is 15. The molecule has 1 unspecified atom stereocenters. The zero-order valence-corrected chi connectivity index (χ0v) is 17.9. The maximum atomic E-state index is 11.6. The Morgan fingerprint density at radius 3 is 2.83 bits per heavy atom. The molecule has 0 aromatic heterocycles. The molecule has 10 heteroatoms. The summed E-state index contributed by atoms with van der Waals surface area (Å²) < 4.78 is 5.87. The number of amides is 1. The molecule has 0 saturated heterocycles. The van der Waals surface area contributed by atoms with Gasteiger partial charge in [0.25, 0.3) is 5.09 Å². The zero-order valence-electron chi connectivity index (χ0n) is 17.1. The topological polar surface area (TPSA) is 123 Å². The Bertz CT molecular complexity index is 657. The lowest BCUT2D eigenvalue weighted by Gasteiger charge is -2.18. The summed E-state index contributed by atoms with van der Waals surface area (Å²) in [6.45, 7) is 1.51. The van der Waals surface area contributed by atoms with Crippen LogP contribution in [0.5, 0.6) is 5.75 Å². The van der Waals surface area contributed by atoms with Crippen LogP contribution in [-0.4, -0.2) is 66.6 Å². The van der Waals surface area contributed by atoms with Crippen LogP contribution < -0.4 is 15.4 Å². The number of nitrogens with one attached hydrogen (secondary N) is 2. The average molecular weight is 442 g/mol. The van der Waals surface area contributed by atoms with E-state index in [1.54, 1.807) is 0 Å². The van der Waals surface area contributed by atoms with E-state index in [0.29, 0.717) is 31.3 Å². The van der Waals surface area contributed by atoms with E-state index in [1.807, 2.05) is 18.2 Å². The van der Waals surface area contributed by atoms with Crippen LogP contribution in [0.2, 0.25) is 0 Å². The van der Waals surface area contributed by atoms with Gasteiger partial charge in [-0.15, -0.1) is 10.1 Å². The highest BCUT2D eigenvalue weighted by atomic mass is 32.2. The van der Waals surface area contributed by atoms with Crippen LogP contribution in [0.1, 0.15) is 37.2 Å². The lowest BCUT2D eigenvalue weighted by molar-refractivity contribution is -0.756. The largest absolute Gasteiger partial charge is 0.491 e. The van der Waals surface area contributed by atoms with Gasteiger partial charge in [0.15, 0.2) is 0 Å². The summed E-state index contributed by atoms with van der Waals surface area (Å²) in [6, 6.07) is 8.07. The number of benzene rings is 1. The van der Waals surface area contributed by atoms with Crippen molar-refractivity contribution in [2.24, 2.45) is 0 Å². The van der Waals surface area contributed by atoms with Gasteiger partial charge in [0.2, 0.25) is 5.91 Å². The van der Waals surface area contributed by atoms with Gasteiger partial charge in [0.05, 0.1) is 5.75 Å². The van der Waals surface area contributed by atoms with Crippen LogP contribution in [0.4, 0.5) is 0 Å². The fourth-order valence-corrected chi connectivity index (χ4v) is 4.00. The predicted molar refractivity (Wildman–Crippen MR) is 115 cm³/mol. The van der Waals surface area contributed by atoms with Crippen LogP contribution >= 0.6 is 11.8 Å². The molecule has 1 fully saturated rings. The van der Waals surface area contributed by atoms with Gasteiger partial charge in [0, 0.05) is 25.4 Å². The van der Waals surface area contributed by atoms with E-state index in [1.165, 1.54) is 43.0 Å². The summed E-state index contributed by atoms with van der Waals surface area (Å²) in [5.74, 6) is 1.87. The number of aliphatic hydroxyl groups is 1. The summed E-state index contributed by atoms with van der Waals surface area (Å²) in [5.41, 5.74) is 1.24. The molecule has 30 heavy (non-hydrogen) atoms. The Morgan fingerprint density at radius 1 is 1.30 bits per heavy atom. The van der Waals surface area contributed by atoms with E-state index in [2.05, 4.69) is 21.5 Å². The second kappa shape index (κ2) is 14.1. The first-order valence-electron chi connectivity index (χ1n) is 10.3. The minimum atomic E-state index is -0.847. The molecule has 1 saturated carbocycles. The molecule has 0 radical (unpaired) electrons. The normalized spacial score (nSPS) is 15.0. The second-order valence-electron chi connectivity index (χ2n) is 7.15. The predicted octanol–water partition coefficient (Wildman–Crippen LogP) is 1.73. The Morgan fingerprint density at radius 2 is 2.07 bits per heavy atom. The SMILES string of the molecule is O=C(CSCCO[N+](=O)[O-])NCCNCC(O)COc1ccccc1C1CCCC1. The van der Waals surface area contributed by atoms with Crippen molar-refractivity contribution >= 4 is 17.7 Å². The van der Waals surface area contributed by atoms with Crippen LogP contribution in [0, 0.1) is 10.1 Å².